The van der Waals surface area contributed by atoms with Crippen LogP contribution in [-0.4, -0.2) is 18.8 Å². The summed E-state index contributed by atoms with van der Waals surface area (Å²) in [7, 11) is 1.59. The second-order valence-electron chi connectivity index (χ2n) is 5.90. The fourth-order valence-corrected chi connectivity index (χ4v) is 1.86. The van der Waals surface area contributed by atoms with Crippen LogP contribution in [0.2, 0.25) is 0 Å². The fraction of sp³-hybridized carbons (Fsp3) is 0.278. The van der Waals surface area contributed by atoms with Gasteiger partial charge in [0.1, 0.15) is 11.4 Å². The normalized spacial score (nSPS) is 10.8. The Morgan fingerprint density at radius 2 is 1.57 bits per heavy atom. The minimum atomic E-state index is -0.531. The summed E-state index contributed by atoms with van der Waals surface area (Å²) in [5.41, 5.74) is 0.100. The Bertz CT molecular complexity index is 659. The summed E-state index contributed by atoms with van der Waals surface area (Å²) in [6.07, 6.45) is -0.490. The van der Waals surface area contributed by atoms with Crippen LogP contribution in [-0.2, 0) is 4.74 Å². The lowest BCUT2D eigenvalue weighted by molar-refractivity contribution is 0.0636. The summed E-state index contributed by atoms with van der Waals surface area (Å²) >= 11 is 0. The summed E-state index contributed by atoms with van der Waals surface area (Å²) in [5, 5.41) is 2.67. The standard InChI is InChI=1S/C18H21NO4/c1-18(2,3)23-17(20)19-13-9-11-14(12-10-13)22-16-8-6-5-7-15(16)21-4/h5-12H,1-4H3,(H,19,20). The van der Waals surface area contributed by atoms with Crippen molar-refractivity contribution < 1.29 is 19.0 Å². The Balaban J connectivity index is 2.01. The van der Waals surface area contributed by atoms with Crippen molar-refractivity contribution in [1.82, 2.24) is 0 Å². The molecular formula is C18H21NO4. The van der Waals surface area contributed by atoms with Gasteiger partial charge in [0, 0.05) is 5.69 Å². The van der Waals surface area contributed by atoms with Gasteiger partial charge in [-0.3, -0.25) is 5.32 Å². The Morgan fingerprint density at radius 3 is 2.13 bits per heavy atom. The van der Waals surface area contributed by atoms with E-state index in [9.17, 15) is 4.79 Å². The number of carbonyl (C=O) groups is 1. The monoisotopic (exact) mass is 315 g/mol. The van der Waals surface area contributed by atoms with Crippen molar-refractivity contribution >= 4 is 11.8 Å². The highest BCUT2D eigenvalue weighted by molar-refractivity contribution is 5.84. The van der Waals surface area contributed by atoms with Crippen LogP contribution in [0.5, 0.6) is 17.2 Å². The molecule has 0 spiro atoms. The van der Waals surface area contributed by atoms with E-state index in [1.807, 2.05) is 45.0 Å². The first-order chi connectivity index (χ1) is 10.9. The number of methoxy groups -OCH3 is 1. The maximum Gasteiger partial charge on any atom is 0.412 e. The summed E-state index contributed by atoms with van der Waals surface area (Å²) in [4.78, 5) is 11.7. The zero-order valence-corrected chi connectivity index (χ0v) is 13.8. The van der Waals surface area contributed by atoms with Crippen LogP contribution in [0.15, 0.2) is 48.5 Å². The molecule has 2 rings (SSSR count). The molecule has 5 nitrogen and oxygen atoms in total. The molecule has 0 aliphatic rings. The van der Waals surface area contributed by atoms with Crippen molar-refractivity contribution in [1.29, 1.82) is 0 Å². The van der Waals surface area contributed by atoms with Crippen LogP contribution < -0.4 is 14.8 Å². The maximum atomic E-state index is 11.7. The number of nitrogens with one attached hydrogen (secondary N) is 1. The lowest BCUT2D eigenvalue weighted by atomic mass is 10.2. The van der Waals surface area contributed by atoms with E-state index in [4.69, 9.17) is 14.2 Å². The highest BCUT2D eigenvalue weighted by Crippen LogP contribution is 2.31. The van der Waals surface area contributed by atoms with Crippen molar-refractivity contribution in [3.63, 3.8) is 0 Å². The summed E-state index contributed by atoms with van der Waals surface area (Å²) in [6, 6.07) is 14.4. The first-order valence-corrected chi connectivity index (χ1v) is 7.28. The Hall–Kier alpha value is -2.69. The molecule has 0 saturated heterocycles. The third-order valence-electron chi connectivity index (χ3n) is 2.80. The summed E-state index contributed by atoms with van der Waals surface area (Å²) < 4.78 is 16.2. The van der Waals surface area contributed by atoms with Crippen molar-refractivity contribution in [3.8, 4) is 17.2 Å². The van der Waals surface area contributed by atoms with Gasteiger partial charge in [0.05, 0.1) is 7.11 Å². The molecule has 0 fully saturated rings. The molecule has 0 aromatic heterocycles. The number of rotatable bonds is 4. The number of amides is 1. The molecule has 23 heavy (non-hydrogen) atoms. The van der Waals surface area contributed by atoms with Crippen LogP contribution in [0.1, 0.15) is 20.8 Å². The van der Waals surface area contributed by atoms with Gasteiger partial charge < -0.3 is 14.2 Å². The predicted molar refractivity (Wildman–Crippen MR) is 89.4 cm³/mol. The number of anilines is 1. The number of para-hydroxylation sites is 2. The van der Waals surface area contributed by atoms with Crippen molar-refractivity contribution in [2.75, 3.05) is 12.4 Å². The third-order valence-corrected chi connectivity index (χ3v) is 2.80. The first kappa shape index (κ1) is 16.7. The molecule has 122 valence electrons. The van der Waals surface area contributed by atoms with Crippen LogP contribution in [0.3, 0.4) is 0 Å². The average Bonchev–Trinajstić information content (AvgIpc) is 2.48. The molecule has 5 heteroatoms. The van der Waals surface area contributed by atoms with Gasteiger partial charge in [-0.15, -0.1) is 0 Å². The minimum Gasteiger partial charge on any atom is -0.493 e. The topological polar surface area (TPSA) is 56.8 Å². The van der Waals surface area contributed by atoms with Crippen molar-refractivity contribution in [2.45, 2.75) is 26.4 Å². The molecule has 0 bridgehead atoms. The molecule has 0 saturated carbocycles. The average molecular weight is 315 g/mol. The summed E-state index contributed by atoms with van der Waals surface area (Å²) in [5.74, 6) is 1.93. The third kappa shape index (κ3) is 5.21. The van der Waals surface area contributed by atoms with E-state index in [1.54, 1.807) is 31.4 Å². The van der Waals surface area contributed by atoms with Gasteiger partial charge in [-0.25, -0.2) is 4.79 Å². The number of hydrogen-bond acceptors (Lipinski definition) is 4. The molecule has 0 atom stereocenters. The van der Waals surface area contributed by atoms with Crippen LogP contribution in [0, 0.1) is 0 Å². The molecule has 2 aromatic carbocycles. The predicted octanol–water partition coefficient (Wildman–Crippen LogP) is 4.83. The zero-order chi connectivity index (χ0) is 16.9. The van der Waals surface area contributed by atoms with Gasteiger partial charge in [0.2, 0.25) is 0 Å². The van der Waals surface area contributed by atoms with Gasteiger partial charge in [-0.1, -0.05) is 12.1 Å². The molecule has 0 radical (unpaired) electrons. The van der Waals surface area contributed by atoms with Gasteiger partial charge in [-0.05, 0) is 57.2 Å². The van der Waals surface area contributed by atoms with Gasteiger partial charge in [0.25, 0.3) is 0 Å². The molecular weight excluding hydrogens is 294 g/mol. The maximum absolute atomic E-state index is 11.7. The highest BCUT2D eigenvalue weighted by atomic mass is 16.6. The number of carbonyl (C=O) groups excluding carboxylic acids is 1. The second kappa shape index (κ2) is 7.05. The Morgan fingerprint density at radius 1 is 0.957 bits per heavy atom. The highest BCUT2D eigenvalue weighted by Gasteiger charge is 2.16. The van der Waals surface area contributed by atoms with Crippen LogP contribution in [0.25, 0.3) is 0 Å². The van der Waals surface area contributed by atoms with Crippen molar-refractivity contribution in [3.05, 3.63) is 48.5 Å². The van der Waals surface area contributed by atoms with Crippen molar-refractivity contribution in [2.24, 2.45) is 0 Å². The number of ether oxygens (including phenoxy) is 3. The number of benzene rings is 2. The number of hydrogen-bond donors (Lipinski definition) is 1. The van der Waals surface area contributed by atoms with Gasteiger partial charge in [-0.2, -0.15) is 0 Å². The quantitative estimate of drug-likeness (QED) is 0.877. The largest absolute Gasteiger partial charge is 0.493 e. The molecule has 1 amide bonds. The molecule has 0 aliphatic carbocycles. The van der Waals surface area contributed by atoms with E-state index in [0.717, 1.165) is 0 Å². The Kier molecular flexibility index (Phi) is 5.11. The lowest BCUT2D eigenvalue weighted by Gasteiger charge is -2.19. The summed E-state index contributed by atoms with van der Waals surface area (Å²) in [6.45, 7) is 5.45. The fourth-order valence-electron chi connectivity index (χ4n) is 1.86. The van der Waals surface area contributed by atoms with Crippen LogP contribution in [0.4, 0.5) is 10.5 Å². The first-order valence-electron chi connectivity index (χ1n) is 7.28. The van der Waals surface area contributed by atoms with Gasteiger partial charge >= 0.3 is 6.09 Å². The van der Waals surface area contributed by atoms with Gasteiger partial charge in [0.15, 0.2) is 11.5 Å². The van der Waals surface area contributed by atoms with E-state index in [2.05, 4.69) is 5.32 Å². The molecule has 1 N–H and O–H groups in total. The zero-order valence-electron chi connectivity index (χ0n) is 13.8. The van der Waals surface area contributed by atoms with E-state index < -0.39 is 11.7 Å². The molecule has 2 aromatic rings. The lowest BCUT2D eigenvalue weighted by Crippen LogP contribution is -2.27. The Labute approximate surface area is 136 Å². The molecule has 0 aliphatic heterocycles. The molecule has 0 heterocycles. The SMILES string of the molecule is COc1ccccc1Oc1ccc(NC(=O)OC(C)(C)C)cc1. The van der Waals surface area contributed by atoms with E-state index >= 15 is 0 Å². The second-order valence-corrected chi connectivity index (χ2v) is 5.90. The minimum absolute atomic E-state index is 0.490. The van der Waals surface area contributed by atoms with Crippen LogP contribution >= 0.6 is 0 Å². The van der Waals surface area contributed by atoms with E-state index in [1.165, 1.54) is 0 Å². The van der Waals surface area contributed by atoms with E-state index in [-0.39, 0.29) is 0 Å². The smallest absolute Gasteiger partial charge is 0.412 e. The van der Waals surface area contributed by atoms with E-state index in [0.29, 0.717) is 22.9 Å². The molecule has 0 unspecified atom stereocenters.